The highest BCUT2D eigenvalue weighted by atomic mass is 32.2. The van der Waals surface area contributed by atoms with E-state index in [2.05, 4.69) is 24.1 Å². The maximum absolute atomic E-state index is 11.7. The first-order valence-corrected chi connectivity index (χ1v) is 9.05. The van der Waals surface area contributed by atoms with Crippen LogP contribution in [0.1, 0.15) is 26.7 Å². The molecule has 2 aliphatic heterocycles. The molecule has 19 heavy (non-hydrogen) atoms. The molecule has 6 heteroatoms. The summed E-state index contributed by atoms with van der Waals surface area (Å²) in [5, 5.41) is 3.43. The van der Waals surface area contributed by atoms with Crippen LogP contribution >= 0.6 is 0 Å². The van der Waals surface area contributed by atoms with E-state index in [4.69, 9.17) is 0 Å². The summed E-state index contributed by atoms with van der Waals surface area (Å²) < 4.78 is 25.0. The molecular formula is C13H27N3O2S. The van der Waals surface area contributed by atoms with Crippen LogP contribution in [0, 0.1) is 5.92 Å². The minimum absolute atomic E-state index is 0.172. The van der Waals surface area contributed by atoms with Crippen LogP contribution in [-0.2, 0) is 10.0 Å². The Morgan fingerprint density at radius 2 is 2.05 bits per heavy atom. The maximum atomic E-state index is 11.7. The maximum Gasteiger partial charge on any atom is 0.211 e. The van der Waals surface area contributed by atoms with Gasteiger partial charge >= 0.3 is 0 Å². The first kappa shape index (κ1) is 15.2. The normalized spacial score (nSPS) is 30.4. The van der Waals surface area contributed by atoms with Crippen molar-refractivity contribution in [1.29, 1.82) is 0 Å². The molecule has 0 aromatic heterocycles. The fourth-order valence-corrected chi connectivity index (χ4v) is 4.09. The molecule has 1 atom stereocenters. The predicted molar refractivity (Wildman–Crippen MR) is 77.7 cm³/mol. The van der Waals surface area contributed by atoms with Gasteiger partial charge in [0, 0.05) is 44.8 Å². The highest BCUT2D eigenvalue weighted by molar-refractivity contribution is 7.88. The molecule has 0 aromatic rings. The van der Waals surface area contributed by atoms with Gasteiger partial charge in [-0.25, -0.2) is 12.7 Å². The number of nitrogens with one attached hydrogen (secondary N) is 1. The van der Waals surface area contributed by atoms with Crippen molar-refractivity contribution in [2.45, 2.75) is 32.2 Å². The highest BCUT2D eigenvalue weighted by Crippen LogP contribution is 2.24. The zero-order valence-electron chi connectivity index (χ0n) is 12.4. The van der Waals surface area contributed by atoms with Crippen molar-refractivity contribution in [3.05, 3.63) is 0 Å². The third kappa shape index (κ3) is 3.90. The fourth-order valence-electron chi connectivity index (χ4n) is 3.15. The van der Waals surface area contributed by atoms with E-state index in [1.165, 1.54) is 6.26 Å². The van der Waals surface area contributed by atoms with E-state index in [-0.39, 0.29) is 5.54 Å². The van der Waals surface area contributed by atoms with Gasteiger partial charge in [0.05, 0.1) is 6.26 Å². The van der Waals surface area contributed by atoms with Crippen molar-refractivity contribution in [1.82, 2.24) is 14.5 Å². The summed E-state index contributed by atoms with van der Waals surface area (Å²) in [4.78, 5) is 2.51. The summed E-state index contributed by atoms with van der Waals surface area (Å²) in [6.45, 7) is 10.0. The molecule has 112 valence electrons. The molecule has 2 aliphatic rings. The van der Waals surface area contributed by atoms with Gasteiger partial charge in [0.1, 0.15) is 0 Å². The molecule has 0 saturated carbocycles. The van der Waals surface area contributed by atoms with Gasteiger partial charge in [-0.15, -0.1) is 0 Å². The predicted octanol–water partition coefficient (Wildman–Crippen LogP) is 0.342. The number of piperidine rings is 1. The molecule has 2 fully saturated rings. The standard InChI is InChI=1S/C13H27N3O2S/c1-13(2)11-14-6-8-15(13)9-12-5-4-7-16(10-12)19(3,17)18/h12,14H,4-11H2,1-3H3. The van der Waals surface area contributed by atoms with Crippen molar-refractivity contribution in [3.63, 3.8) is 0 Å². The second-order valence-electron chi connectivity index (χ2n) is 6.56. The first-order chi connectivity index (χ1) is 8.79. The van der Waals surface area contributed by atoms with Gasteiger partial charge in [0.25, 0.3) is 0 Å². The smallest absolute Gasteiger partial charge is 0.211 e. The van der Waals surface area contributed by atoms with Crippen LogP contribution in [0.15, 0.2) is 0 Å². The van der Waals surface area contributed by atoms with E-state index in [0.717, 1.165) is 39.0 Å². The number of nitrogens with zero attached hydrogens (tertiary/aromatic N) is 2. The fraction of sp³-hybridized carbons (Fsp3) is 1.00. The van der Waals surface area contributed by atoms with Crippen molar-refractivity contribution >= 4 is 10.0 Å². The highest BCUT2D eigenvalue weighted by Gasteiger charge is 2.33. The Hall–Kier alpha value is -0.170. The van der Waals surface area contributed by atoms with Crippen LogP contribution in [0.5, 0.6) is 0 Å². The lowest BCUT2D eigenvalue weighted by atomic mass is 9.94. The lowest BCUT2D eigenvalue weighted by molar-refractivity contribution is 0.0613. The summed E-state index contributed by atoms with van der Waals surface area (Å²) >= 11 is 0. The molecule has 0 amide bonds. The third-order valence-electron chi connectivity index (χ3n) is 4.40. The van der Waals surface area contributed by atoms with E-state index in [9.17, 15) is 8.42 Å². The molecule has 0 radical (unpaired) electrons. The second kappa shape index (κ2) is 5.68. The zero-order chi connectivity index (χ0) is 14.1. The molecule has 0 spiro atoms. The number of piperazine rings is 1. The monoisotopic (exact) mass is 289 g/mol. The number of hydrogen-bond donors (Lipinski definition) is 1. The SMILES string of the molecule is CC1(C)CNCCN1CC1CCCN(S(C)(=O)=O)C1. The molecule has 1 unspecified atom stereocenters. The largest absolute Gasteiger partial charge is 0.314 e. The molecule has 2 rings (SSSR count). The molecule has 0 aliphatic carbocycles. The Morgan fingerprint density at radius 1 is 1.32 bits per heavy atom. The van der Waals surface area contributed by atoms with Gasteiger partial charge in [-0.3, -0.25) is 4.90 Å². The quantitative estimate of drug-likeness (QED) is 0.814. The van der Waals surface area contributed by atoms with E-state index in [1.807, 2.05) is 0 Å². The van der Waals surface area contributed by atoms with Crippen molar-refractivity contribution in [2.75, 3.05) is 45.5 Å². The average Bonchev–Trinajstić information content (AvgIpc) is 2.31. The van der Waals surface area contributed by atoms with Crippen LogP contribution in [0.3, 0.4) is 0 Å². The third-order valence-corrected chi connectivity index (χ3v) is 5.67. The second-order valence-corrected chi connectivity index (χ2v) is 8.55. The molecule has 2 heterocycles. The van der Waals surface area contributed by atoms with Gasteiger partial charge in [-0.1, -0.05) is 0 Å². The Bertz CT molecular complexity index is 408. The van der Waals surface area contributed by atoms with E-state index < -0.39 is 10.0 Å². The Kier molecular flexibility index (Phi) is 4.55. The topological polar surface area (TPSA) is 52.6 Å². The lowest BCUT2D eigenvalue weighted by Gasteiger charge is -2.45. The molecule has 1 N–H and O–H groups in total. The van der Waals surface area contributed by atoms with E-state index in [1.54, 1.807) is 4.31 Å². The molecular weight excluding hydrogens is 262 g/mol. The van der Waals surface area contributed by atoms with Crippen molar-refractivity contribution in [3.8, 4) is 0 Å². The van der Waals surface area contributed by atoms with Crippen LogP contribution in [0.2, 0.25) is 0 Å². The summed E-state index contributed by atoms with van der Waals surface area (Å²) in [7, 11) is -3.03. The van der Waals surface area contributed by atoms with Gasteiger partial charge in [-0.2, -0.15) is 0 Å². The number of rotatable bonds is 3. The van der Waals surface area contributed by atoms with Gasteiger partial charge < -0.3 is 5.32 Å². The Labute approximate surface area is 117 Å². The summed E-state index contributed by atoms with van der Waals surface area (Å²) in [6, 6.07) is 0. The van der Waals surface area contributed by atoms with E-state index in [0.29, 0.717) is 19.0 Å². The van der Waals surface area contributed by atoms with Crippen molar-refractivity contribution < 1.29 is 8.42 Å². The minimum atomic E-state index is -3.03. The lowest BCUT2D eigenvalue weighted by Crippen LogP contribution is -2.59. The summed E-state index contributed by atoms with van der Waals surface area (Å²) in [5.41, 5.74) is 0.172. The van der Waals surface area contributed by atoms with Gasteiger partial charge in [-0.05, 0) is 32.6 Å². The molecule has 0 aromatic carbocycles. The molecule has 2 saturated heterocycles. The van der Waals surface area contributed by atoms with Crippen LogP contribution < -0.4 is 5.32 Å². The van der Waals surface area contributed by atoms with Crippen LogP contribution in [-0.4, -0.2) is 68.7 Å². The van der Waals surface area contributed by atoms with Crippen LogP contribution in [0.4, 0.5) is 0 Å². The molecule has 0 bridgehead atoms. The Balaban J connectivity index is 1.95. The summed E-state index contributed by atoms with van der Waals surface area (Å²) in [6.07, 6.45) is 3.46. The number of sulfonamides is 1. The zero-order valence-corrected chi connectivity index (χ0v) is 13.2. The van der Waals surface area contributed by atoms with Gasteiger partial charge in [0.2, 0.25) is 10.0 Å². The van der Waals surface area contributed by atoms with E-state index >= 15 is 0 Å². The first-order valence-electron chi connectivity index (χ1n) is 7.20. The number of hydrogen-bond acceptors (Lipinski definition) is 4. The Morgan fingerprint density at radius 3 is 2.68 bits per heavy atom. The molecule has 5 nitrogen and oxygen atoms in total. The van der Waals surface area contributed by atoms with Gasteiger partial charge in [0.15, 0.2) is 0 Å². The average molecular weight is 289 g/mol. The summed E-state index contributed by atoms with van der Waals surface area (Å²) in [5.74, 6) is 0.473. The van der Waals surface area contributed by atoms with Crippen LogP contribution in [0.25, 0.3) is 0 Å². The minimum Gasteiger partial charge on any atom is -0.314 e. The van der Waals surface area contributed by atoms with Crippen molar-refractivity contribution in [2.24, 2.45) is 5.92 Å².